The number of amides is 1. The summed E-state index contributed by atoms with van der Waals surface area (Å²) in [5.74, 6) is -0.0990. The predicted molar refractivity (Wildman–Crippen MR) is 65.7 cm³/mol. The van der Waals surface area contributed by atoms with Crippen LogP contribution in [0.2, 0.25) is 0 Å². The zero-order valence-corrected chi connectivity index (χ0v) is 10.2. The molecule has 0 unspecified atom stereocenters. The van der Waals surface area contributed by atoms with E-state index in [0.29, 0.717) is 0 Å². The van der Waals surface area contributed by atoms with Crippen LogP contribution in [0.3, 0.4) is 0 Å². The summed E-state index contributed by atoms with van der Waals surface area (Å²) in [7, 11) is 1.52. The molecule has 88 valence electrons. The normalized spacial score (nSPS) is 10.2. The first-order chi connectivity index (χ1) is 7.72. The van der Waals surface area contributed by atoms with E-state index in [2.05, 4.69) is 19.2 Å². The highest BCUT2D eigenvalue weighted by atomic mass is 16.5. The maximum atomic E-state index is 11.5. The van der Waals surface area contributed by atoms with Gasteiger partial charge in [-0.1, -0.05) is 32.0 Å². The van der Waals surface area contributed by atoms with E-state index < -0.39 is 0 Å². The Morgan fingerprint density at radius 2 is 1.81 bits per heavy atom. The Morgan fingerprint density at radius 3 is 2.25 bits per heavy atom. The first-order valence-corrected chi connectivity index (χ1v) is 5.62. The van der Waals surface area contributed by atoms with Gasteiger partial charge in [0.05, 0.1) is 0 Å². The molecule has 1 aromatic rings. The summed E-state index contributed by atoms with van der Waals surface area (Å²) in [5.41, 5.74) is 3.29. The van der Waals surface area contributed by atoms with Gasteiger partial charge in [-0.2, -0.15) is 0 Å². The highest BCUT2D eigenvalue weighted by molar-refractivity contribution is 5.93. The van der Waals surface area contributed by atoms with E-state index in [1.807, 2.05) is 18.2 Å². The van der Waals surface area contributed by atoms with E-state index in [9.17, 15) is 4.79 Å². The van der Waals surface area contributed by atoms with Crippen molar-refractivity contribution in [2.24, 2.45) is 0 Å². The van der Waals surface area contributed by atoms with Gasteiger partial charge < -0.3 is 10.1 Å². The van der Waals surface area contributed by atoms with Gasteiger partial charge in [-0.3, -0.25) is 4.79 Å². The van der Waals surface area contributed by atoms with Crippen LogP contribution in [-0.2, 0) is 22.4 Å². The molecule has 0 radical (unpaired) electrons. The third-order valence-electron chi connectivity index (χ3n) is 2.54. The summed E-state index contributed by atoms with van der Waals surface area (Å²) in [6, 6.07) is 6.12. The minimum absolute atomic E-state index is 0.0984. The van der Waals surface area contributed by atoms with Crippen LogP contribution < -0.4 is 5.32 Å². The molecule has 0 heterocycles. The number of carbonyl (C=O) groups is 1. The van der Waals surface area contributed by atoms with Gasteiger partial charge in [-0.05, 0) is 24.0 Å². The van der Waals surface area contributed by atoms with Gasteiger partial charge in [0, 0.05) is 12.8 Å². The van der Waals surface area contributed by atoms with Crippen LogP contribution in [0.5, 0.6) is 0 Å². The van der Waals surface area contributed by atoms with E-state index in [0.717, 1.165) is 18.5 Å². The van der Waals surface area contributed by atoms with E-state index in [-0.39, 0.29) is 12.5 Å². The average molecular weight is 221 g/mol. The number of para-hydroxylation sites is 1. The Hall–Kier alpha value is -1.35. The van der Waals surface area contributed by atoms with Crippen LogP contribution >= 0.6 is 0 Å². The Balaban J connectivity index is 2.95. The van der Waals surface area contributed by atoms with Crippen molar-refractivity contribution in [1.29, 1.82) is 0 Å². The molecule has 0 atom stereocenters. The van der Waals surface area contributed by atoms with Gasteiger partial charge in [0.15, 0.2) is 0 Å². The summed E-state index contributed by atoms with van der Waals surface area (Å²) in [6.45, 7) is 4.27. The van der Waals surface area contributed by atoms with Crippen molar-refractivity contribution in [2.45, 2.75) is 26.7 Å². The first-order valence-electron chi connectivity index (χ1n) is 5.62. The van der Waals surface area contributed by atoms with Crippen molar-refractivity contribution >= 4 is 11.6 Å². The summed E-state index contributed by atoms with van der Waals surface area (Å²) in [4.78, 5) is 11.5. The van der Waals surface area contributed by atoms with Gasteiger partial charge in [-0.25, -0.2) is 0 Å². The summed E-state index contributed by atoms with van der Waals surface area (Å²) < 4.78 is 4.81. The maximum absolute atomic E-state index is 11.5. The molecular formula is C13H19NO2. The molecule has 1 aromatic carbocycles. The van der Waals surface area contributed by atoms with Crippen molar-refractivity contribution in [3.63, 3.8) is 0 Å². The van der Waals surface area contributed by atoms with E-state index in [1.165, 1.54) is 18.2 Å². The van der Waals surface area contributed by atoms with Crippen LogP contribution in [0.15, 0.2) is 18.2 Å². The van der Waals surface area contributed by atoms with E-state index in [4.69, 9.17) is 4.74 Å². The minimum atomic E-state index is -0.0990. The molecule has 0 saturated heterocycles. The molecule has 0 aliphatic heterocycles. The number of hydrogen-bond donors (Lipinski definition) is 1. The Labute approximate surface area is 96.8 Å². The zero-order valence-electron chi connectivity index (χ0n) is 10.2. The van der Waals surface area contributed by atoms with Crippen LogP contribution in [-0.4, -0.2) is 19.6 Å². The van der Waals surface area contributed by atoms with Gasteiger partial charge in [0.2, 0.25) is 5.91 Å². The van der Waals surface area contributed by atoms with Crippen molar-refractivity contribution in [2.75, 3.05) is 19.0 Å². The van der Waals surface area contributed by atoms with Crippen LogP contribution in [0.1, 0.15) is 25.0 Å². The highest BCUT2D eigenvalue weighted by Crippen LogP contribution is 2.22. The van der Waals surface area contributed by atoms with Gasteiger partial charge in [0.1, 0.15) is 6.61 Å². The van der Waals surface area contributed by atoms with Crippen molar-refractivity contribution in [3.8, 4) is 0 Å². The lowest BCUT2D eigenvalue weighted by Gasteiger charge is -2.13. The Morgan fingerprint density at radius 1 is 1.25 bits per heavy atom. The maximum Gasteiger partial charge on any atom is 0.250 e. The summed E-state index contributed by atoms with van der Waals surface area (Å²) in [6.07, 6.45) is 1.83. The number of ether oxygens (including phenoxy) is 1. The number of aryl methyl sites for hydroxylation is 2. The van der Waals surface area contributed by atoms with Crippen molar-refractivity contribution < 1.29 is 9.53 Å². The number of carbonyl (C=O) groups excluding carboxylic acids is 1. The average Bonchev–Trinajstić information content (AvgIpc) is 2.29. The molecule has 0 saturated carbocycles. The number of methoxy groups -OCH3 is 1. The monoisotopic (exact) mass is 221 g/mol. The van der Waals surface area contributed by atoms with Gasteiger partial charge in [-0.15, -0.1) is 0 Å². The molecule has 3 heteroatoms. The molecule has 16 heavy (non-hydrogen) atoms. The third-order valence-corrected chi connectivity index (χ3v) is 2.54. The molecule has 1 rings (SSSR count). The SMILES string of the molecule is CCc1cccc(CC)c1NC(=O)COC. The fourth-order valence-electron chi connectivity index (χ4n) is 1.71. The zero-order chi connectivity index (χ0) is 12.0. The smallest absolute Gasteiger partial charge is 0.250 e. The van der Waals surface area contributed by atoms with Crippen molar-refractivity contribution in [1.82, 2.24) is 0 Å². The fourth-order valence-corrected chi connectivity index (χ4v) is 1.71. The Kier molecular flexibility index (Phi) is 4.99. The molecule has 0 bridgehead atoms. The highest BCUT2D eigenvalue weighted by Gasteiger charge is 2.09. The standard InChI is InChI=1S/C13H19NO2/c1-4-10-7-6-8-11(5-2)13(10)14-12(15)9-16-3/h6-8H,4-5,9H2,1-3H3,(H,14,15). The molecule has 0 fully saturated rings. The number of nitrogens with one attached hydrogen (secondary N) is 1. The molecule has 0 aliphatic rings. The first kappa shape index (κ1) is 12.7. The van der Waals surface area contributed by atoms with Crippen LogP contribution in [0, 0.1) is 0 Å². The second kappa shape index (κ2) is 6.28. The quantitative estimate of drug-likeness (QED) is 0.829. The van der Waals surface area contributed by atoms with Crippen LogP contribution in [0.25, 0.3) is 0 Å². The summed E-state index contributed by atoms with van der Waals surface area (Å²) in [5, 5.41) is 2.92. The molecule has 0 aliphatic carbocycles. The molecular weight excluding hydrogens is 202 g/mol. The third kappa shape index (κ3) is 3.07. The lowest BCUT2D eigenvalue weighted by molar-refractivity contribution is -0.119. The number of rotatable bonds is 5. The van der Waals surface area contributed by atoms with Gasteiger partial charge in [0.25, 0.3) is 0 Å². The van der Waals surface area contributed by atoms with Crippen LogP contribution in [0.4, 0.5) is 5.69 Å². The molecule has 0 spiro atoms. The topological polar surface area (TPSA) is 38.3 Å². The predicted octanol–water partition coefficient (Wildman–Crippen LogP) is 2.40. The number of anilines is 1. The molecule has 1 N–H and O–H groups in total. The largest absolute Gasteiger partial charge is 0.375 e. The molecule has 3 nitrogen and oxygen atoms in total. The lowest BCUT2D eigenvalue weighted by Crippen LogP contribution is -2.19. The van der Waals surface area contributed by atoms with Crippen molar-refractivity contribution in [3.05, 3.63) is 29.3 Å². The molecule has 0 aromatic heterocycles. The fraction of sp³-hybridized carbons (Fsp3) is 0.462. The number of hydrogen-bond acceptors (Lipinski definition) is 2. The van der Waals surface area contributed by atoms with E-state index >= 15 is 0 Å². The second-order valence-electron chi connectivity index (χ2n) is 3.64. The summed E-state index contributed by atoms with van der Waals surface area (Å²) >= 11 is 0. The lowest BCUT2D eigenvalue weighted by atomic mass is 10.0. The second-order valence-corrected chi connectivity index (χ2v) is 3.64. The Bertz CT molecular complexity index is 339. The van der Waals surface area contributed by atoms with Gasteiger partial charge >= 0.3 is 0 Å². The molecule has 1 amide bonds. The minimum Gasteiger partial charge on any atom is -0.375 e. The number of benzene rings is 1. The van der Waals surface area contributed by atoms with E-state index in [1.54, 1.807) is 0 Å².